The van der Waals surface area contributed by atoms with Crippen LogP contribution in [0.1, 0.15) is 18.1 Å². The van der Waals surface area contributed by atoms with Gasteiger partial charge in [0.2, 0.25) is 0 Å². The Bertz CT molecular complexity index is 402. The first kappa shape index (κ1) is 14.5. The molecule has 1 rings (SSSR count). The fourth-order valence-corrected chi connectivity index (χ4v) is 1.00. The fraction of sp³-hybridized carbons (Fsp3) is 0.182. The fourth-order valence-electron chi connectivity index (χ4n) is 1.00. The Morgan fingerprint density at radius 2 is 2.20 bits per heavy atom. The van der Waals surface area contributed by atoms with Crippen LogP contribution in [0.3, 0.4) is 0 Å². The third kappa shape index (κ3) is 4.23. The van der Waals surface area contributed by atoms with Gasteiger partial charge in [0.1, 0.15) is 5.78 Å². The number of benzene rings is 1. The number of aryl methyl sites for hydroxylation is 1. The van der Waals surface area contributed by atoms with E-state index in [1.165, 1.54) is 25.1 Å². The summed E-state index contributed by atoms with van der Waals surface area (Å²) in [6.45, 7) is 3.03. The van der Waals surface area contributed by atoms with Crippen LogP contribution in [-0.4, -0.2) is 5.78 Å². The topological polar surface area (TPSA) is 43.1 Å². The summed E-state index contributed by atoms with van der Waals surface area (Å²) in [4.78, 5) is 10.7. The molecule has 0 unspecified atom stereocenters. The van der Waals surface area contributed by atoms with E-state index in [0.29, 0.717) is 11.1 Å². The van der Waals surface area contributed by atoms with Crippen molar-refractivity contribution in [2.45, 2.75) is 13.8 Å². The molecule has 2 N–H and O–H groups in total. The molecule has 0 heterocycles. The smallest absolute Gasteiger partial charge is 0.436 e. The molecule has 0 spiro atoms. The number of carbonyl (C=O) groups is 1. The SMILES string of the molecule is CC(=O)/C=C(\N)c1[c-]cc(C)c(F)c1.[Y+3]. The summed E-state index contributed by atoms with van der Waals surface area (Å²) in [6, 6.07) is 5.57. The van der Waals surface area contributed by atoms with E-state index in [1.54, 1.807) is 6.92 Å². The van der Waals surface area contributed by atoms with Crippen LogP contribution < -0.4 is 5.73 Å². The largest absolute Gasteiger partial charge is 3.00 e. The van der Waals surface area contributed by atoms with Gasteiger partial charge in [-0.25, -0.2) is 4.39 Å². The maximum atomic E-state index is 13.1. The third-order valence-corrected chi connectivity index (χ3v) is 1.76. The number of allylic oxidation sites excluding steroid dienone is 1. The Labute approximate surface area is 114 Å². The average Bonchev–Trinajstić information content (AvgIpc) is 2.08. The Morgan fingerprint density at radius 1 is 1.60 bits per heavy atom. The van der Waals surface area contributed by atoms with Crippen LogP contribution in [0.15, 0.2) is 18.2 Å². The second-order valence-corrected chi connectivity index (χ2v) is 3.09. The predicted octanol–water partition coefficient (Wildman–Crippen LogP) is 1.82. The molecule has 0 fully saturated rings. The summed E-state index contributed by atoms with van der Waals surface area (Å²) >= 11 is 0. The zero-order valence-corrected chi connectivity index (χ0v) is 11.5. The molecule has 0 aromatic heterocycles. The molecular weight excluding hydrogens is 270 g/mol. The zero-order chi connectivity index (χ0) is 10.7. The van der Waals surface area contributed by atoms with Crippen LogP contribution in [-0.2, 0) is 37.5 Å². The molecule has 2 nitrogen and oxygen atoms in total. The van der Waals surface area contributed by atoms with Gasteiger partial charge in [0, 0.05) is 5.82 Å². The molecule has 1 aromatic rings. The van der Waals surface area contributed by atoms with Crippen molar-refractivity contribution in [3.05, 3.63) is 41.2 Å². The van der Waals surface area contributed by atoms with E-state index in [4.69, 9.17) is 5.73 Å². The molecule has 0 aliphatic carbocycles. The molecule has 74 valence electrons. The van der Waals surface area contributed by atoms with Gasteiger partial charge in [-0.05, 0) is 18.7 Å². The van der Waals surface area contributed by atoms with Gasteiger partial charge >= 0.3 is 32.7 Å². The van der Waals surface area contributed by atoms with Gasteiger partial charge in [-0.1, -0.05) is 12.5 Å². The molecule has 1 aromatic carbocycles. The second-order valence-electron chi connectivity index (χ2n) is 3.09. The molecule has 0 radical (unpaired) electrons. The number of halogens is 1. The van der Waals surface area contributed by atoms with Gasteiger partial charge in [0.05, 0.1) is 0 Å². The van der Waals surface area contributed by atoms with Crippen LogP contribution in [0.2, 0.25) is 0 Å². The van der Waals surface area contributed by atoms with E-state index >= 15 is 0 Å². The van der Waals surface area contributed by atoms with Crippen molar-refractivity contribution >= 4 is 11.5 Å². The van der Waals surface area contributed by atoms with Crippen LogP contribution in [0.5, 0.6) is 0 Å². The van der Waals surface area contributed by atoms with Crippen LogP contribution in [0.4, 0.5) is 4.39 Å². The summed E-state index contributed by atoms with van der Waals surface area (Å²) in [7, 11) is 0. The van der Waals surface area contributed by atoms with Gasteiger partial charge in [-0.3, -0.25) is 4.79 Å². The normalized spacial score (nSPS) is 10.7. The van der Waals surface area contributed by atoms with Gasteiger partial charge < -0.3 is 5.73 Å². The standard InChI is InChI=1S/C11H11FNO.Y/c1-7-3-4-9(6-10(7)12)11(13)5-8(2)14;/h3,5-6H,13H2,1-2H3;/q-1;+3/b11-5-;. The van der Waals surface area contributed by atoms with Crippen molar-refractivity contribution in [3.63, 3.8) is 0 Å². The summed E-state index contributed by atoms with van der Waals surface area (Å²) in [5.41, 5.74) is 6.70. The molecule has 0 saturated heterocycles. The van der Waals surface area contributed by atoms with Crippen LogP contribution in [0, 0.1) is 18.8 Å². The number of ketones is 1. The van der Waals surface area contributed by atoms with Crippen molar-refractivity contribution < 1.29 is 41.9 Å². The molecular formula is C11H11FNOY+2. The van der Waals surface area contributed by atoms with E-state index < -0.39 is 0 Å². The van der Waals surface area contributed by atoms with Crippen LogP contribution in [0.25, 0.3) is 5.70 Å². The monoisotopic (exact) mass is 281 g/mol. The third-order valence-electron chi connectivity index (χ3n) is 1.76. The molecule has 0 saturated carbocycles. The first-order chi connectivity index (χ1) is 6.50. The molecule has 4 heteroatoms. The maximum Gasteiger partial charge on any atom is 3.00 e. The summed E-state index contributed by atoms with van der Waals surface area (Å²) in [6.07, 6.45) is 1.25. The molecule has 0 aliphatic rings. The van der Waals surface area contributed by atoms with Crippen molar-refractivity contribution in [2.75, 3.05) is 0 Å². The number of hydrogen-bond donors (Lipinski definition) is 1. The molecule has 0 aliphatic heterocycles. The molecule has 0 bridgehead atoms. The van der Waals surface area contributed by atoms with E-state index in [2.05, 4.69) is 6.07 Å². The minimum atomic E-state index is -0.348. The molecule has 0 amide bonds. The van der Waals surface area contributed by atoms with Gasteiger partial charge in [-0.2, -0.15) is 0 Å². The Hall–Kier alpha value is -0.536. The summed E-state index contributed by atoms with van der Waals surface area (Å²) < 4.78 is 13.1. The molecule has 0 atom stereocenters. The number of carbonyl (C=O) groups excluding carboxylic acids is 1. The Kier molecular flexibility index (Phi) is 5.92. The first-order valence-electron chi connectivity index (χ1n) is 4.16. The molecule has 15 heavy (non-hydrogen) atoms. The number of nitrogens with two attached hydrogens (primary N) is 1. The van der Waals surface area contributed by atoms with E-state index in [9.17, 15) is 9.18 Å². The Balaban J connectivity index is 0.00000196. The minimum Gasteiger partial charge on any atom is -0.436 e. The number of hydrogen-bond acceptors (Lipinski definition) is 2. The van der Waals surface area contributed by atoms with E-state index in [-0.39, 0.29) is 50.0 Å². The maximum absolute atomic E-state index is 13.1. The van der Waals surface area contributed by atoms with Crippen molar-refractivity contribution in [3.8, 4) is 0 Å². The zero-order valence-electron chi connectivity index (χ0n) is 8.67. The van der Waals surface area contributed by atoms with Crippen LogP contribution >= 0.6 is 0 Å². The first-order valence-corrected chi connectivity index (χ1v) is 4.16. The Morgan fingerprint density at radius 3 is 2.67 bits per heavy atom. The summed E-state index contributed by atoms with van der Waals surface area (Å²) in [5, 5.41) is 0. The van der Waals surface area contributed by atoms with E-state index in [1.807, 2.05) is 0 Å². The minimum absolute atomic E-state index is 0. The summed E-state index contributed by atoms with van der Waals surface area (Å²) in [5.74, 6) is -0.518. The number of rotatable bonds is 2. The van der Waals surface area contributed by atoms with Crippen molar-refractivity contribution in [1.29, 1.82) is 0 Å². The van der Waals surface area contributed by atoms with Crippen molar-refractivity contribution in [1.82, 2.24) is 0 Å². The van der Waals surface area contributed by atoms with Crippen molar-refractivity contribution in [2.24, 2.45) is 5.73 Å². The average molecular weight is 281 g/mol. The second kappa shape index (κ2) is 6.14. The quantitative estimate of drug-likeness (QED) is 0.663. The van der Waals surface area contributed by atoms with Gasteiger partial charge in [0.25, 0.3) is 0 Å². The van der Waals surface area contributed by atoms with E-state index in [0.717, 1.165) is 0 Å². The van der Waals surface area contributed by atoms with Gasteiger partial charge in [-0.15, -0.1) is 23.8 Å². The predicted molar refractivity (Wildman–Crippen MR) is 52.8 cm³/mol. The van der Waals surface area contributed by atoms with Gasteiger partial charge in [0.15, 0.2) is 0 Å².